The third-order valence-electron chi connectivity index (χ3n) is 4.42. The van der Waals surface area contributed by atoms with Crippen LogP contribution < -0.4 is 0 Å². The van der Waals surface area contributed by atoms with Gasteiger partial charge in [0.05, 0.1) is 11.4 Å². The first-order valence-corrected chi connectivity index (χ1v) is 8.56. The van der Waals surface area contributed by atoms with Crippen LogP contribution in [0.25, 0.3) is 33.6 Å². The lowest BCUT2D eigenvalue weighted by atomic mass is 10.1. The van der Waals surface area contributed by atoms with Crippen LogP contribution in [-0.4, -0.2) is 9.97 Å². The van der Waals surface area contributed by atoms with Crippen LogP contribution in [0.4, 0.5) is 26.3 Å². The molecular formula is C22H10F6N2. The molecule has 150 valence electrons. The molecule has 0 unspecified atom stereocenters. The maximum atomic E-state index is 13.4. The summed E-state index contributed by atoms with van der Waals surface area (Å²) in [6.45, 7) is 0. The predicted molar refractivity (Wildman–Crippen MR) is 98.1 cm³/mol. The molecule has 0 aliphatic heterocycles. The molecule has 0 spiro atoms. The largest absolute Gasteiger partial charge is 0.254 e. The quantitative estimate of drug-likeness (QED) is 0.289. The highest BCUT2D eigenvalue weighted by atomic mass is 19.2. The maximum Gasteiger partial charge on any atom is 0.194 e. The number of rotatable bonds is 3. The number of pyridine rings is 2. The van der Waals surface area contributed by atoms with Gasteiger partial charge in [-0.3, -0.25) is 9.97 Å². The fourth-order valence-electron chi connectivity index (χ4n) is 2.88. The first-order valence-electron chi connectivity index (χ1n) is 8.56. The van der Waals surface area contributed by atoms with Crippen molar-refractivity contribution in [1.82, 2.24) is 9.97 Å². The van der Waals surface area contributed by atoms with Crippen LogP contribution >= 0.6 is 0 Å². The van der Waals surface area contributed by atoms with E-state index in [1.807, 2.05) is 0 Å². The number of benzene rings is 2. The van der Waals surface area contributed by atoms with Gasteiger partial charge < -0.3 is 0 Å². The van der Waals surface area contributed by atoms with Crippen molar-refractivity contribution in [3.8, 4) is 33.6 Å². The van der Waals surface area contributed by atoms with E-state index in [4.69, 9.17) is 0 Å². The first-order chi connectivity index (χ1) is 14.3. The number of hydrogen-bond acceptors (Lipinski definition) is 2. The van der Waals surface area contributed by atoms with Gasteiger partial charge in [0.25, 0.3) is 0 Å². The number of aromatic nitrogens is 2. The number of halogens is 6. The second-order valence-corrected chi connectivity index (χ2v) is 6.37. The molecule has 0 aliphatic carbocycles. The third kappa shape index (κ3) is 3.63. The molecule has 0 amide bonds. The molecule has 0 bridgehead atoms. The van der Waals surface area contributed by atoms with Crippen molar-refractivity contribution in [2.45, 2.75) is 0 Å². The molecule has 2 nitrogen and oxygen atoms in total. The molecule has 0 saturated carbocycles. The standard InChI is InChI=1S/C22H10F6N2/c23-15-5-13(6-16(24)21(15)27)11-1-3-19(29-9-11)20-4-2-12(10-30-20)14-7-17(25)22(28)18(26)8-14/h1-10H. The van der Waals surface area contributed by atoms with E-state index in [-0.39, 0.29) is 11.1 Å². The van der Waals surface area contributed by atoms with Gasteiger partial charge >= 0.3 is 0 Å². The Labute approximate surface area is 166 Å². The van der Waals surface area contributed by atoms with Gasteiger partial charge in [0.2, 0.25) is 0 Å². The van der Waals surface area contributed by atoms with Gasteiger partial charge in [0.1, 0.15) is 0 Å². The Morgan fingerprint density at radius 3 is 1.03 bits per heavy atom. The molecule has 4 aromatic rings. The Morgan fingerprint density at radius 2 is 0.767 bits per heavy atom. The average molecular weight is 416 g/mol. The van der Waals surface area contributed by atoms with Gasteiger partial charge in [-0.05, 0) is 47.5 Å². The highest BCUT2D eigenvalue weighted by molar-refractivity contribution is 5.68. The minimum absolute atomic E-state index is 0.120. The highest BCUT2D eigenvalue weighted by Gasteiger charge is 2.14. The number of hydrogen-bond donors (Lipinski definition) is 0. The van der Waals surface area contributed by atoms with Crippen LogP contribution in [0.2, 0.25) is 0 Å². The lowest BCUT2D eigenvalue weighted by molar-refractivity contribution is 0.447. The third-order valence-corrected chi connectivity index (χ3v) is 4.42. The summed E-state index contributed by atoms with van der Waals surface area (Å²) in [5, 5.41) is 0. The Balaban J connectivity index is 1.61. The second kappa shape index (κ2) is 7.62. The summed E-state index contributed by atoms with van der Waals surface area (Å²) in [6, 6.07) is 9.63. The van der Waals surface area contributed by atoms with Gasteiger partial charge in [0.15, 0.2) is 34.9 Å². The zero-order chi connectivity index (χ0) is 21.4. The van der Waals surface area contributed by atoms with Crippen molar-refractivity contribution < 1.29 is 26.3 Å². The summed E-state index contributed by atoms with van der Waals surface area (Å²) in [5.74, 6) is -8.32. The summed E-state index contributed by atoms with van der Waals surface area (Å²) in [6.07, 6.45) is 2.70. The average Bonchev–Trinajstić information content (AvgIpc) is 2.75. The van der Waals surface area contributed by atoms with Crippen LogP contribution in [0.3, 0.4) is 0 Å². The molecule has 2 aromatic carbocycles. The molecule has 8 heteroatoms. The summed E-state index contributed by atoms with van der Waals surface area (Å²) >= 11 is 0. The zero-order valence-corrected chi connectivity index (χ0v) is 14.9. The second-order valence-electron chi connectivity index (χ2n) is 6.37. The molecule has 0 aliphatic rings. The molecule has 2 heterocycles. The topological polar surface area (TPSA) is 25.8 Å². The van der Waals surface area contributed by atoms with Crippen molar-refractivity contribution in [3.63, 3.8) is 0 Å². The Bertz CT molecular complexity index is 1090. The SMILES string of the molecule is Fc1cc(-c2ccc(-c3ccc(-c4cc(F)c(F)c(F)c4)cn3)nc2)cc(F)c1F. The van der Waals surface area contributed by atoms with Crippen molar-refractivity contribution in [2.24, 2.45) is 0 Å². The summed E-state index contributed by atoms with van der Waals surface area (Å²) in [5.41, 5.74) is 1.81. The molecule has 2 aromatic heterocycles. The van der Waals surface area contributed by atoms with Gasteiger partial charge in [-0.15, -0.1) is 0 Å². The minimum atomic E-state index is -1.55. The summed E-state index contributed by atoms with van der Waals surface area (Å²) in [4.78, 5) is 8.36. The Hall–Kier alpha value is -3.68. The monoisotopic (exact) mass is 416 g/mol. The lowest BCUT2D eigenvalue weighted by Gasteiger charge is -2.07. The fourth-order valence-corrected chi connectivity index (χ4v) is 2.88. The van der Waals surface area contributed by atoms with Gasteiger partial charge in [-0.1, -0.05) is 12.1 Å². The van der Waals surface area contributed by atoms with Crippen molar-refractivity contribution >= 4 is 0 Å². The normalized spacial score (nSPS) is 11.0. The van der Waals surface area contributed by atoms with E-state index in [1.165, 1.54) is 24.5 Å². The van der Waals surface area contributed by atoms with Crippen LogP contribution in [0, 0.1) is 34.9 Å². The minimum Gasteiger partial charge on any atom is -0.254 e. The van der Waals surface area contributed by atoms with E-state index in [9.17, 15) is 26.3 Å². The van der Waals surface area contributed by atoms with E-state index in [1.54, 1.807) is 12.1 Å². The van der Waals surface area contributed by atoms with E-state index >= 15 is 0 Å². The number of nitrogens with zero attached hydrogens (tertiary/aromatic N) is 2. The van der Waals surface area contributed by atoms with Gasteiger partial charge in [-0.2, -0.15) is 0 Å². The van der Waals surface area contributed by atoms with Gasteiger partial charge in [-0.25, -0.2) is 26.3 Å². The van der Waals surface area contributed by atoms with Crippen molar-refractivity contribution in [2.75, 3.05) is 0 Å². The molecule has 30 heavy (non-hydrogen) atoms. The smallest absolute Gasteiger partial charge is 0.194 e. The molecule has 0 atom stereocenters. The van der Waals surface area contributed by atoms with Crippen LogP contribution in [0.15, 0.2) is 60.9 Å². The molecular weight excluding hydrogens is 406 g/mol. The molecule has 0 radical (unpaired) electrons. The highest BCUT2D eigenvalue weighted by Crippen LogP contribution is 2.27. The van der Waals surface area contributed by atoms with E-state index in [2.05, 4.69) is 9.97 Å². The van der Waals surface area contributed by atoms with E-state index in [0.717, 1.165) is 24.3 Å². The maximum absolute atomic E-state index is 13.4. The molecule has 0 N–H and O–H groups in total. The van der Waals surface area contributed by atoms with Gasteiger partial charge in [0, 0.05) is 23.5 Å². The van der Waals surface area contributed by atoms with Crippen molar-refractivity contribution in [3.05, 3.63) is 95.8 Å². The van der Waals surface area contributed by atoms with Crippen LogP contribution in [-0.2, 0) is 0 Å². The molecule has 4 rings (SSSR count). The summed E-state index contributed by atoms with van der Waals surface area (Å²) < 4.78 is 79.8. The first kappa shape index (κ1) is 19.6. The molecule has 0 fully saturated rings. The zero-order valence-electron chi connectivity index (χ0n) is 14.9. The van der Waals surface area contributed by atoms with E-state index in [0.29, 0.717) is 22.5 Å². The lowest BCUT2D eigenvalue weighted by Crippen LogP contribution is -1.94. The Kier molecular flexibility index (Phi) is 4.99. The van der Waals surface area contributed by atoms with Crippen LogP contribution in [0.5, 0.6) is 0 Å². The molecule has 0 saturated heterocycles. The van der Waals surface area contributed by atoms with Crippen LogP contribution in [0.1, 0.15) is 0 Å². The Morgan fingerprint density at radius 1 is 0.433 bits per heavy atom. The fraction of sp³-hybridized carbons (Fsp3) is 0. The summed E-state index contributed by atoms with van der Waals surface area (Å²) in [7, 11) is 0. The van der Waals surface area contributed by atoms with Crippen molar-refractivity contribution in [1.29, 1.82) is 0 Å². The van der Waals surface area contributed by atoms with E-state index < -0.39 is 34.9 Å². The predicted octanol–water partition coefficient (Wildman–Crippen LogP) is 6.31.